The van der Waals surface area contributed by atoms with Gasteiger partial charge in [-0.05, 0) is 49.9 Å². The van der Waals surface area contributed by atoms with Crippen molar-refractivity contribution >= 4 is 29.4 Å². The number of nitrogens with zero attached hydrogens (tertiary/aromatic N) is 1. The number of hydrogen-bond donors (Lipinski definition) is 3. The Hall–Kier alpha value is -2.90. The van der Waals surface area contributed by atoms with Gasteiger partial charge in [-0.3, -0.25) is 19.3 Å². The van der Waals surface area contributed by atoms with Crippen molar-refractivity contribution in [2.24, 2.45) is 11.7 Å². The van der Waals surface area contributed by atoms with E-state index in [0.29, 0.717) is 11.3 Å². The molecule has 0 radical (unpaired) electrons. The third kappa shape index (κ3) is 3.79. The molecule has 1 aliphatic carbocycles. The van der Waals surface area contributed by atoms with E-state index in [4.69, 9.17) is 5.73 Å². The van der Waals surface area contributed by atoms with E-state index in [2.05, 4.69) is 10.6 Å². The highest BCUT2D eigenvalue weighted by Crippen LogP contribution is 2.36. The molecule has 1 saturated heterocycles. The number of imide groups is 1. The smallest absolute Gasteiger partial charge is 0.325 e. The highest BCUT2D eigenvalue weighted by molar-refractivity contribution is 6.10. The molecule has 4 N–H and O–H groups in total. The van der Waals surface area contributed by atoms with E-state index in [0.717, 1.165) is 37.0 Å². The highest BCUT2D eigenvalue weighted by Gasteiger charge is 2.52. The van der Waals surface area contributed by atoms with Crippen molar-refractivity contribution in [3.05, 3.63) is 29.8 Å². The molecule has 1 aliphatic heterocycles. The minimum atomic E-state index is -0.944. The number of nitrogens with two attached hydrogens (primary N) is 1. The predicted molar refractivity (Wildman–Crippen MR) is 98.8 cm³/mol. The second-order valence-electron chi connectivity index (χ2n) is 7.35. The largest absolute Gasteiger partial charge is 0.366 e. The number of rotatable bonds is 5. The number of anilines is 1. The molecule has 2 fully saturated rings. The lowest BCUT2D eigenvalue weighted by Crippen LogP contribution is -2.51. The summed E-state index contributed by atoms with van der Waals surface area (Å²) in [5.74, 6) is -1.30. The molecule has 0 unspecified atom stereocenters. The first-order valence-electron chi connectivity index (χ1n) is 9.15. The highest BCUT2D eigenvalue weighted by atomic mass is 16.2. The Morgan fingerprint density at radius 1 is 1.19 bits per heavy atom. The summed E-state index contributed by atoms with van der Waals surface area (Å²) >= 11 is 0. The second kappa shape index (κ2) is 7.38. The SMILES string of the molecule is C[C@]1(C2CCCCC2)NC(=O)N(CC(=O)Nc2ccc(C(N)=O)cc2)C1=O. The molecular formula is C19H24N4O4. The van der Waals surface area contributed by atoms with E-state index < -0.39 is 23.4 Å². The second-order valence-corrected chi connectivity index (χ2v) is 7.35. The predicted octanol–water partition coefficient (Wildman–Crippen LogP) is 1.61. The molecule has 3 rings (SSSR count). The molecule has 0 bridgehead atoms. The molecule has 8 heteroatoms. The van der Waals surface area contributed by atoms with Crippen molar-refractivity contribution in [2.45, 2.75) is 44.6 Å². The summed E-state index contributed by atoms with van der Waals surface area (Å²) in [7, 11) is 0. The minimum absolute atomic E-state index is 0.0945. The van der Waals surface area contributed by atoms with Gasteiger partial charge in [0.05, 0.1) is 0 Å². The molecule has 2 aliphatic rings. The van der Waals surface area contributed by atoms with Gasteiger partial charge in [0, 0.05) is 11.3 Å². The van der Waals surface area contributed by atoms with Gasteiger partial charge in [-0.15, -0.1) is 0 Å². The van der Waals surface area contributed by atoms with E-state index >= 15 is 0 Å². The van der Waals surface area contributed by atoms with Gasteiger partial charge in [0.2, 0.25) is 11.8 Å². The average Bonchev–Trinajstić information content (AvgIpc) is 2.87. The van der Waals surface area contributed by atoms with Crippen LogP contribution in [-0.2, 0) is 9.59 Å². The standard InChI is InChI=1S/C19H24N4O4/c1-19(13-5-3-2-4-6-13)17(26)23(18(27)22-19)11-15(24)21-14-9-7-12(8-10-14)16(20)25/h7-10,13H,2-6,11H2,1H3,(H2,20,25)(H,21,24)(H,22,27)/t19-/m1/s1. The Labute approximate surface area is 157 Å². The van der Waals surface area contributed by atoms with Gasteiger partial charge in [-0.1, -0.05) is 19.3 Å². The fourth-order valence-corrected chi connectivity index (χ4v) is 3.88. The number of nitrogens with one attached hydrogen (secondary N) is 2. The lowest BCUT2D eigenvalue weighted by molar-refractivity contribution is -0.135. The van der Waals surface area contributed by atoms with Gasteiger partial charge in [0.1, 0.15) is 12.1 Å². The Kier molecular flexibility index (Phi) is 5.16. The maximum atomic E-state index is 12.9. The van der Waals surface area contributed by atoms with E-state index in [9.17, 15) is 19.2 Å². The van der Waals surface area contributed by atoms with Crippen LogP contribution in [0.3, 0.4) is 0 Å². The third-order valence-electron chi connectivity index (χ3n) is 5.48. The van der Waals surface area contributed by atoms with Crippen molar-refractivity contribution in [3.8, 4) is 0 Å². The minimum Gasteiger partial charge on any atom is -0.366 e. The van der Waals surface area contributed by atoms with Crippen molar-refractivity contribution < 1.29 is 19.2 Å². The molecule has 1 heterocycles. The van der Waals surface area contributed by atoms with E-state index in [-0.39, 0.29) is 18.4 Å². The fourth-order valence-electron chi connectivity index (χ4n) is 3.88. The van der Waals surface area contributed by atoms with Crippen LogP contribution in [0.2, 0.25) is 0 Å². The van der Waals surface area contributed by atoms with Crippen molar-refractivity contribution in [2.75, 3.05) is 11.9 Å². The van der Waals surface area contributed by atoms with Crippen LogP contribution < -0.4 is 16.4 Å². The van der Waals surface area contributed by atoms with E-state index in [1.165, 1.54) is 24.3 Å². The van der Waals surface area contributed by atoms with Gasteiger partial charge in [0.25, 0.3) is 5.91 Å². The number of carbonyl (C=O) groups excluding carboxylic acids is 4. The first-order chi connectivity index (χ1) is 12.8. The van der Waals surface area contributed by atoms with Crippen LogP contribution >= 0.6 is 0 Å². The van der Waals surface area contributed by atoms with Gasteiger partial charge >= 0.3 is 6.03 Å². The van der Waals surface area contributed by atoms with Crippen LogP contribution in [0.25, 0.3) is 0 Å². The van der Waals surface area contributed by atoms with E-state index in [1.54, 1.807) is 6.92 Å². The normalized spacial score (nSPS) is 23.2. The molecule has 1 atom stereocenters. The van der Waals surface area contributed by atoms with Gasteiger partial charge in [0.15, 0.2) is 0 Å². The number of hydrogen-bond acceptors (Lipinski definition) is 4. The number of carbonyl (C=O) groups is 4. The number of primary amides is 1. The fraction of sp³-hybridized carbons (Fsp3) is 0.474. The van der Waals surface area contributed by atoms with Crippen LogP contribution in [0.5, 0.6) is 0 Å². The quantitative estimate of drug-likeness (QED) is 0.680. The summed E-state index contributed by atoms with van der Waals surface area (Å²) in [5.41, 5.74) is 5.01. The molecular weight excluding hydrogens is 348 g/mol. The number of urea groups is 1. The van der Waals surface area contributed by atoms with Crippen LogP contribution in [-0.4, -0.2) is 40.7 Å². The molecule has 0 aromatic heterocycles. The van der Waals surface area contributed by atoms with Gasteiger partial charge in [-0.25, -0.2) is 4.79 Å². The monoisotopic (exact) mass is 372 g/mol. The molecule has 27 heavy (non-hydrogen) atoms. The number of amides is 5. The summed E-state index contributed by atoms with van der Waals surface area (Å²) in [6.45, 7) is 1.40. The maximum Gasteiger partial charge on any atom is 0.325 e. The zero-order valence-electron chi connectivity index (χ0n) is 15.3. The Bertz CT molecular complexity index is 770. The Balaban J connectivity index is 1.64. The summed E-state index contributed by atoms with van der Waals surface area (Å²) in [4.78, 5) is 49.5. The number of benzene rings is 1. The molecule has 1 aromatic rings. The zero-order valence-corrected chi connectivity index (χ0v) is 15.3. The lowest BCUT2D eigenvalue weighted by Gasteiger charge is -2.34. The topological polar surface area (TPSA) is 122 Å². The Morgan fingerprint density at radius 3 is 2.41 bits per heavy atom. The van der Waals surface area contributed by atoms with Crippen molar-refractivity contribution in [1.29, 1.82) is 0 Å². The molecule has 0 spiro atoms. The zero-order chi connectivity index (χ0) is 19.6. The van der Waals surface area contributed by atoms with Crippen molar-refractivity contribution in [3.63, 3.8) is 0 Å². The Morgan fingerprint density at radius 2 is 1.81 bits per heavy atom. The molecule has 8 nitrogen and oxygen atoms in total. The van der Waals surface area contributed by atoms with Crippen LogP contribution in [0.4, 0.5) is 10.5 Å². The molecule has 1 saturated carbocycles. The summed E-state index contributed by atoms with van der Waals surface area (Å²) < 4.78 is 0. The van der Waals surface area contributed by atoms with Gasteiger partial charge in [-0.2, -0.15) is 0 Å². The van der Waals surface area contributed by atoms with Crippen LogP contribution in [0, 0.1) is 5.92 Å². The average molecular weight is 372 g/mol. The molecule has 1 aromatic carbocycles. The maximum absolute atomic E-state index is 12.9. The van der Waals surface area contributed by atoms with Crippen molar-refractivity contribution in [1.82, 2.24) is 10.2 Å². The van der Waals surface area contributed by atoms with Gasteiger partial charge < -0.3 is 16.4 Å². The summed E-state index contributed by atoms with van der Waals surface area (Å²) in [6.07, 6.45) is 5.04. The van der Waals surface area contributed by atoms with Crippen LogP contribution in [0.1, 0.15) is 49.4 Å². The molecule has 144 valence electrons. The summed E-state index contributed by atoms with van der Waals surface area (Å²) in [6, 6.07) is 5.52. The van der Waals surface area contributed by atoms with E-state index in [1.807, 2.05) is 0 Å². The van der Waals surface area contributed by atoms with Crippen LogP contribution in [0.15, 0.2) is 24.3 Å². The lowest BCUT2D eigenvalue weighted by atomic mass is 9.75. The first-order valence-corrected chi connectivity index (χ1v) is 9.15. The summed E-state index contributed by atoms with van der Waals surface area (Å²) in [5, 5.41) is 5.41. The first kappa shape index (κ1) is 18.9. The third-order valence-corrected chi connectivity index (χ3v) is 5.48. The molecule has 5 amide bonds.